The largest absolute Gasteiger partial charge is 0.411 e. The molecule has 0 bridgehead atoms. The summed E-state index contributed by atoms with van der Waals surface area (Å²) in [6.45, 7) is 9.19. The lowest BCUT2D eigenvalue weighted by Gasteiger charge is -2.14. The summed E-state index contributed by atoms with van der Waals surface area (Å²) in [7, 11) is 0. The molecular formula is C20H29N3O2S. The Hall–Kier alpha value is -1.82. The van der Waals surface area contributed by atoms with Gasteiger partial charge in [-0.2, -0.15) is 0 Å². The van der Waals surface area contributed by atoms with Crippen molar-refractivity contribution in [3.05, 3.63) is 29.3 Å². The van der Waals surface area contributed by atoms with Gasteiger partial charge in [-0.3, -0.25) is 4.79 Å². The Morgan fingerprint density at radius 1 is 1.19 bits per heavy atom. The van der Waals surface area contributed by atoms with Crippen LogP contribution >= 0.6 is 11.8 Å². The van der Waals surface area contributed by atoms with E-state index in [1.54, 1.807) is 0 Å². The zero-order valence-electron chi connectivity index (χ0n) is 16.2. The summed E-state index contributed by atoms with van der Waals surface area (Å²) < 4.78 is 5.69. The number of hydrogen-bond donors (Lipinski definition) is 1. The fourth-order valence-electron chi connectivity index (χ4n) is 2.86. The summed E-state index contributed by atoms with van der Waals surface area (Å²) in [4.78, 5) is 12.1. The van der Waals surface area contributed by atoms with Crippen molar-refractivity contribution in [3.8, 4) is 11.5 Å². The maximum atomic E-state index is 12.1. The van der Waals surface area contributed by atoms with Gasteiger partial charge in [0.2, 0.25) is 11.8 Å². The molecule has 1 N–H and O–H groups in total. The number of unbranched alkanes of at least 4 members (excludes halogenated alkanes) is 1. The van der Waals surface area contributed by atoms with Crippen molar-refractivity contribution in [2.24, 2.45) is 5.92 Å². The Labute approximate surface area is 160 Å². The second-order valence-corrected chi connectivity index (χ2v) is 7.69. The number of nitrogens with one attached hydrogen (secondary N) is 1. The lowest BCUT2D eigenvalue weighted by atomic mass is 9.99. The number of hydrogen-bond acceptors (Lipinski definition) is 5. The van der Waals surface area contributed by atoms with E-state index in [1.807, 2.05) is 26.0 Å². The van der Waals surface area contributed by atoms with Gasteiger partial charge in [-0.25, -0.2) is 0 Å². The molecule has 0 aliphatic rings. The van der Waals surface area contributed by atoms with Crippen molar-refractivity contribution < 1.29 is 9.21 Å². The van der Waals surface area contributed by atoms with E-state index in [0.29, 0.717) is 22.8 Å². The molecule has 0 unspecified atom stereocenters. The van der Waals surface area contributed by atoms with Gasteiger partial charge in [0.05, 0.1) is 5.75 Å². The number of rotatable bonds is 10. The smallest absolute Gasteiger partial charge is 0.277 e. The van der Waals surface area contributed by atoms with E-state index in [0.717, 1.165) is 29.7 Å². The van der Waals surface area contributed by atoms with Crippen LogP contribution in [0, 0.1) is 19.8 Å². The number of thioether (sulfide) groups is 1. The average Bonchev–Trinajstić information content (AvgIpc) is 3.08. The molecule has 1 amide bonds. The highest BCUT2D eigenvalue weighted by molar-refractivity contribution is 7.99. The molecular weight excluding hydrogens is 346 g/mol. The van der Waals surface area contributed by atoms with E-state index in [4.69, 9.17) is 4.42 Å². The van der Waals surface area contributed by atoms with Crippen molar-refractivity contribution in [2.45, 2.75) is 58.6 Å². The molecule has 1 atom stereocenters. The van der Waals surface area contributed by atoms with Crippen molar-refractivity contribution in [1.29, 1.82) is 0 Å². The van der Waals surface area contributed by atoms with Crippen molar-refractivity contribution in [3.63, 3.8) is 0 Å². The molecule has 0 saturated carbocycles. The molecule has 1 aromatic carbocycles. The molecule has 2 rings (SSSR count). The third kappa shape index (κ3) is 6.48. The number of carbonyl (C=O) groups excluding carboxylic acids is 1. The second kappa shape index (κ2) is 10.4. The topological polar surface area (TPSA) is 68.0 Å². The molecule has 5 nitrogen and oxygen atoms in total. The first-order chi connectivity index (χ1) is 12.5. The van der Waals surface area contributed by atoms with Crippen LogP contribution in [0.3, 0.4) is 0 Å². The third-order valence-electron chi connectivity index (χ3n) is 4.33. The fourth-order valence-corrected chi connectivity index (χ4v) is 3.46. The molecule has 6 heteroatoms. The highest BCUT2D eigenvalue weighted by Crippen LogP contribution is 2.24. The number of carbonyl (C=O) groups is 1. The van der Waals surface area contributed by atoms with E-state index >= 15 is 0 Å². The summed E-state index contributed by atoms with van der Waals surface area (Å²) in [5.41, 5.74) is 3.22. The highest BCUT2D eigenvalue weighted by atomic mass is 32.2. The number of nitrogens with zero attached hydrogens (tertiary/aromatic N) is 2. The minimum absolute atomic E-state index is 0.0103. The maximum absolute atomic E-state index is 12.1. The maximum Gasteiger partial charge on any atom is 0.277 e. The molecule has 0 aliphatic carbocycles. The van der Waals surface area contributed by atoms with Crippen molar-refractivity contribution >= 4 is 17.7 Å². The Bertz CT molecular complexity index is 695. The molecule has 0 spiro atoms. The standard InChI is InChI=1S/C20H29N3O2S/c1-5-7-8-16(6-2)12-21-18(24)13-26-20-23-22-19(25-20)17-10-14(3)9-15(4)11-17/h9-11,16H,5-8,12-13H2,1-4H3,(H,21,24)/t16-/m1/s1. The third-order valence-corrected chi connectivity index (χ3v) is 5.15. The minimum Gasteiger partial charge on any atom is -0.411 e. The van der Waals surface area contributed by atoms with Crippen LogP contribution in [-0.4, -0.2) is 28.4 Å². The molecule has 0 saturated heterocycles. The number of amides is 1. The Morgan fingerprint density at radius 2 is 1.92 bits per heavy atom. The predicted molar refractivity (Wildman–Crippen MR) is 106 cm³/mol. The van der Waals surface area contributed by atoms with E-state index in [-0.39, 0.29) is 5.91 Å². The van der Waals surface area contributed by atoms with Crippen LogP contribution in [-0.2, 0) is 4.79 Å². The highest BCUT2D eigenvalue weighted by Gasteiger charge is 2.13. The van der Waals surface area contributed by atoms with Crippen LogP contribution in [0.1, 0.15) is 50.7 Å². The van der Waals surface area contributed by atoms with E-state index < -0.39 is 0 Å². The molecule has 2 aromatic rings. The van der Waals surface area contributed by atoms with Gasteiger partial charge in [-0.1, -0.05) is 62.1 Å². The van der Waals surface area contributed by atoms with E-state index in [1.165, 1.54) is 31.0 Å². The molecule has 1 heterocycles. The molecule has 142 valence electrons. The molecule has 0 fully saturated rings. The first-order valence-corrected chi connectivity index (χ1v) is 10.3. The zero-order valence-corrected chi connectivity index (χ0v) is 17.0. The quantitative estimate of drug-likeness (QED) is 0.605. The SMILES string of the molecule is CCCC[C@@H](CC)CNC(=O)CSc1nnc(-c2cc(C)cc(C)c2)o1. The van der Waals surface area contributed by atoms with Crippen LogP contribution in [0.4, 0.5) is 0 Å². The zero-order chi connectivity index (χ0) is 18.9. The summed E-state index contributed by atoms with van der Waals surface area (Å²) >= 11 is 1.28. The van der Waals surface area contributed by atoms with Crippen LogP contribution in [0.15, 0.2) is 27.8 Å². The van der Waals surface area contributed by atoms with Gasteiger partial charge < -0.3 is 9.73 Å². The van der Waals surface area contributed by atoms with Crippen LogP contribution in [0.2, 0.25) is 0 Å². The fraction of sp³-hybridized carbons (Fsp3) is 0.550. The molecule has 0 radical (unpaired) electrons. The van der Waals surface area contributed by atoms with Crippen LogP contribution in [0.5, 0.6) is 0 Å². The van der Waals surface area contributed by atoms with Crippen molar-refractivity contribution in [1.82, 2.24) is 15.5 Å². The average molecular weight is 376 g/mol. The first kappa shape index (κ1) is 20.5. The molecule has 26 heavy (non-hydrogen) atoms. The Balaban J connectivity index is 1.82. The van der Waals surface area contributed by atoms with Crippen LogP contribution < -0.4 is 5.32 Å². The Morgan fingerprint density at radius 3 is 2.58 bits per heavy atom. The number of aromatic nitrogens is 2. The normalized spacial score (nSPS) is 12.2. The van der Waals surface area contributed by atoms with Gasteiger partial charge >= 0.3 is 0 Å². The lowest BCUT2D eigenvalue weighted by molar-refractivity contribution is -0.118. The van der Waals surface area contributed by atoms with Gasteiger partial charge in [0.25, 0.3) is 5.22 Å². The van der Waals surface area contributed by atoms with Crippen molar-refractivity contribution in [2.75, 3.05) is 12.3 Å². The van der Waals surface area contributed by atoms with Gasteiger partial charge in [0, 0.05) is 12.1 Å². The molecule has 1 aromatic heterocycles. The predicted octanol–water partition coefficient (Wildman–Crippen LogP) is 4.78. The summed E-state index contributed by atoms with van der Waals surface area (Å²) in [5.74, 6) is 1.35. The first-order valence-electron chi connectivity index (χ1n) is 9.33. The summed E-state index contributed by atoms with van der Waals surface area (Å²) in [5, 5.41) is 11.6. The van der Waals surface area contributed by atoms with Gasteiger partial charge in [-0.15, -0.1) is 10.2 Å². The minimum atomic E-state index is 0.0103. The van der Waals surface area contributed by atoms with Gasteiger partial charge in [0.1, 0.15) is 0 Å². The molecule has 0 aliphatic heterocycles. The van der Waals surface area contributed by atoms with E-state index in [9.17, 15) is 4.79 Å². The monoisotopic (exact) mass is 375 g/mol. The second-order valence-electron chi connectivity index (χ2n) is 6.76. The number of aryl methyl sites for hydroxylation is 2. The lowest BCUT2D eigenvalue weighted by Crippen LogP contribution is -2.30. The van der Waals surface area contributed by atoms with Gasteiger partial charge in [-0.05, 0) is 38.3 Å². The summed E-state index contributed by atoms with van der Waals surface area (Å²) in [6, 6.07) is 6.13. The van der Waals surface area contributed by atoms with Gasteiger partial charge in [0.15, 0.2) is 0 Å². The number of benzene rings is 1. The summed E-state index contributed by atoms with van der Waals surface area (Å²) in [6.07, 6.45) is 4.67. The van der Waals surface area contributed by atoms with E-state index in [2.05, 4.69) is 35.4 Å². The van der Waals surface area contributed by atoms with Crippen LogP contribution in [0.25, 0.3) is 11.5 Å². The Kier molecular flexibility index (Phi) is 8.16.